The van der Waals surface area contributed by atoms with E-state index in [9.17, 15) is 13.2 Å². The fourth-order valence-corrected chi connectivity index (χ4v) is 6.61. The quantitative estimate of drug-likeness (QED) is 0.113. The van der Waals surface area contributed by atoms with Crippen molar-refractivity contribution >= 4 is 41.2 Å². The van der Waals surface area contributed by atoms with Crippen molar-refractivity contribution in [1.29, 1.82) is 0 Å². The molecule has 258 valence electrons. The van der Waals surface area contributed by atoms with Gasteiger partial charge in [-0.15, -0.1) is 0 Å². The van der Waals surface area contributed by atoms with E-state index in [4.69, 9.17) is 23.1 Å². The first-order valence-corrected chi connectivity index (χ1v) is 20.2. The van der Waals surface area contributed by atoms with Gasteiger partial charge >= 0.3 is 6.09 Å². The van der Waals surface area contributed by atoms with Gasteiger partial charge in [0.15, 0.2) is 8.32 Å². The number of aryl methyl sites for hydroxylation is 1. The number of fused-ring (bicyclic) bond motifs is 1. The zero-order valence-electron chi connectivity index (χ0n) is 29.5. The Labute approximate surface area is 285 Å². The van der Waals surface area contributed by atoms with Crippen molar-refractivity contribution in [3.63, 3.8) is 0 Å². The molecule has 0 aliphatic heterocycles. The first-order valence-electron chi connectivity index (χ1n) is 15.8. The van der Waals surface area contributed by atoms with Gasteiger partial charge in [-0.3, -0.25) is 9.08 Å². The Morgan fingerprint density at radius 2 is 1.60 bits per heavy atom. The van der Waals surface area contributed by atoms with Gasteiger partial charge in [-0.05, 0) is 94.4 Å². The molecule has 12 heteroatoms. The summed E-state index contributed by atoms with van der Waals surface area (Å²) in [4.78, 5) is 23.1. The third-order valence-corrected chi connectivity index (χ3v) is 14.0. The monoisotopic (exact) mass is 693 g/mol. The minimum Gasteiger partial charge on any atom is -0.491 e. The molecule has 2 heterocycles. The summed E-state index contributed by atoms with van der Waals surface area (Å²) >= 11 is 0. The van der Waals surface area contributed by atoms with Crippen LogP contribution in [0.5, 0.6) is 5.75 Å². The largest absolute Gasteiger partial charge is 0.491 e. The van der Waals surface area contributed by atoms with Gasteiger partial charge in [0.05, 0.1) is 22.7 Å². The van der Waals surface area contributed by atoms with Crippen LogP contribution in [0, 0.1) is 6.92 Å². The molecule has 4 rings (SSSR count). The number of benzene rings is 2. The van der Waals surface area contributed by atoms with Crippen LogP contribution >= 0.6 is 0 Å². The number of ether oxygens (including phenoxy) is 2. The molecule has 0 radical (unpaired) electrons. The van der Waals surface area contributed by atoms with Gasteiger partial charge in [0.2, 0.25) is 0 Å². The molecule has 0 aliphatic carbocycles. The topological polar surface area (TPSA) is 117 Å². The van der Waals surface area contributed by atoms with E-state index in [0.29, 0.717) is 11.6 Å². The van der Waals surface area contributed by atoms with Gasteiger partial charge in [0, 0.05) is 24.2 Å². The molecule has 1 amide bonds. The zero-order valence-corrected chi connectivity index (χ0v) is 31.3. The SMILES string of the molecule is Cc1ccc(S(=O)(=O)OCC(COc2ccc3nc(-c4ccc(N(C)C(=O)OC(C)(C)C)nc4)ccc3c2)O[Si](C)(C)C(C)(C)C)cc1. The molecule has 0 bridgehead atoms. The Kier molecular flexibility index (Phi) is 11.0. The number of hydrogen-bond donors (Lipinski definition) is 0. The van der Waals surface area contributed by atoms with Crippen molar-refractivity contribution < 1.29 is 31.3 Å². The molecule has 0 saturated heterocycles. The van der Waals surface area contributed by atoms with Crippen molar-refractivity contribution in [2.75, 3.05) is 25.2 Å². The Morgan fingerprint density at radius 3 is 2.21 bits per heavy atom. The van der Waals surface area contributed by atoms with Crippen LogP contribution in [-0.2, 0) is 23.5 Å². The third-order valence-electron chi connectivity index (χ3n) is 8.14. The van der Waals surface area contributed by atoms with Gasteiger partial charge in [-0.1, -0.05) is 44.5 Å². The lowest BCUT2D eigenvalue weighted by Gasteiger charge is -2.39. The van der Waals surface area contributed by atoms with Gasteiger partial charge in [0.25, 0.3) is 10.1 Å². The number of nitrogens with zero attached hydrogens (tertiary/aromatic N) is 3. The molecule has 1 atom stereocenters. The van der Waals surface area contributed by atoms with Crippen LogP contribution in [0.15, 0.2) is 77.8 Å². The lowest BCUT2D eigenvalue weighted by molar-refractivity contribution is 0.0588. The molecule has 0 fully saturated rings. The summed E-state index contributed by atoms with van der Waals surface area (Å²) in [5, 5.41) is 0.766. The Morgan fingerprint density at radius 1 is 0.917 bits per heavy atom. The van der Waals surface area contributed by atoms with Gasteiger partial charge in [-0.25, -0.2) is 14.8 Å². The second-order valence-electron chi connectivity index (χ2n) is 14.4. The number of carbonyl (C=O) groups is 1. The summed E-state index contributed by atoms with van der Waals surface area (Å²) < 4.78 is 49.5. The van der Waals surface area contributed by atoms with Crippen LogP contribution in [0.1, 0.15) is 47.1 Å². The zero-order chi connectivity index (χ0) is 35.5. The lowest BCUT2D eigenvalue weighted by atomic mass is 10.1. The Bertz CT molecular complexity index is 1830. The standard InChI is InChI=1S/C36H47N3O7SSi/c1-25-11-16-30(17-12-25)47(41,42)44-24-29(46-48(9,10)36(5,6)7)23-43-28-15-19-31-26(21-28)13-18-32(38-31)27-14-20-33(37-22-27)39(8)34(40)45-35(2,3)4/h11-22,29H,23-24H2,1-10H3. The Hall–Kier alpha value is -3.84. The van der Waals surface area contributed by atoms with Crippen molar-refractivity contribution in [3.05, 3.63) is 78.5 Å². The van der Waals surface area contributed by atoms with Crippen LogP contribution in [0.4, 0.5) is 10.6 Å². The molecule has 0 N–H and O–H groups in total. The van der Waals surface area contributed by atoms with Crippen molar-refractivity contribution in [2.45, 2.75) is 83.2 Å². The van der Waals surface area contributed by atoms with E-state index >= 15 is 0 Å². The summed E-state index contributed by atoms with van der Waals surface area (Å²) in [6, 6.07) is 19.6. The van der Waals surface area contributed by atoms with Gasteiger partial charge < -0.3 is 13.9 Å². The summed E-state index contributed by atoms with van der Waals surface area (Å²) in [6.07, 6.45) is 0.570. The molecule has 10 nitrogen and oxygen atoms in total. The second-order valence-corrected chi connectivity index (χ2v) is 20.7. The molecule has 2 aromatic carbocycles. The number of hydrogen-bond acceptors (Lipinski definition) is 9. The minimum atomic E-state index is -3.98. The lowest BCUT2D eigenvalue weighted by Crippen LogP contribution is -2.46. The summed E-state index contributed by atoms with van der Waals surface area (Å²) in [5.74, 6) is 1.06. The van der Waals surface area contributed by atoms with Crippen LogP contribution in [0.2, 0.25) is 18.1 Å². The average Bonchev–Trinajstić information content (AvgIpc) is 3.00. The fraction of sp³-hybridized carbons (Fsp3) is 0.417. The number of aromatic nitrogens is 2. The fourth-order valence-electron chi connectivity index (χ4n) is 4.35. The number of carbonyl (C=O) groups excluding carboxylic acids is 1. The van der Waals surface area contributed by atoms with Crippen LogP contribution in [0.25, 0.3) is 22.2 Å². The maximum atomic E-state index is 12.9. The number of rotatable bonds is 11. The molecule has 4 aromatic rings. The molecular weight excluding hydrogens is 647 g/mol. The van der Waals surface area contributed by atoms with Gasteiger partial charge in [-0.2, -0.15) is 8.42 Å². The molecule has 2 aromatic heterocycles. The summed E-state index contributed by atoms with van der Waals surface area (Å²) in [5.41, 5.74) is 2.63. The van der Waals surface area contributed by atoms with E-state index in [-0.39, 0.29) is 23.1 Å². The van der Waals surface area contributed by atoms with Crippen molar-refractivity contribution in [3.8, 4) is 17.0 Å². The predicted octanol–water partition coefficient (Wildman–Crippen LogP) is 8.15. The van der Waals surface area contributed by atoms with Crippen LogP contribution in [-0.4, -0.2) is 64.8 Å². The van der Waals surface area contributed by atoms with Crippen LogP contribution in [0.3, 0.4) is 0 Å². The summed E-state index contributed by atoms with van der Waals surface area (Å²) in [7, 11) is -4.65. The van der Waals surface area contributed by atoms with E-state index in [1.165, 1.54) is 17.0 Å². The first kappa shape index (κ1) is 37.0. The molecule has 48 heavy (non-hydrogen) atoms. The third kappa shape index (κ3) is 9.62. The average molecular weight is 694 g/mol. The van der Waals surface area contributed by atoms with E-state index in [1.54, 1.807) is 31.4 Å². The van der Waals surface area contributed by atoms with Crippen molar-refractivity contribution in [1.82, 2.24) is 9.97 Å². The molecule has 0 aliphatic rings. The molecule has 1 unspecified atom stereocenters. The first-order chi connectivity index (χ1) is 22.2. The Balaban J connectivity index is 1.47. The maximum Gasteiger partial charge on any atom is 0.415 e. The number of amides is 1. The van der Waals surface area contributed by atoms with Gasteiger partial charge in [0.1, 0.15) is 29.9 Å². The highest BCUT2D eigenvalue weighted by molar-refractivity contribution is 7.86. The van der Waals surface area contributed by atoms with Crippen LogP contribution < -0.4 is 9.64 Å². The van der Waals surface area contributed by atoms with E-state index in [0.717, 1.165) is 27.7 Å². The highest BCUT2D eigenvalue weighted by Crippen LogP contribution is 2.37. The predicted molar refractivity (Wildman–Crippen MR) is 191 cm³/mol. The maximum absolute atomic E-state index is 12.9. The molecule has 0 saturated carbocycles. The second kappa shape index (κ2) is 14.3. The van der Waals surface area contributed by atoms with Crippen molar-refractivity contribution in [2.24, 2.45) is 0 Å². The smallest absolute Gasteiger partial charge is 0.415 e. The minimum absolute atomic E-state index is 0.0985. The highest BCUT2D eigenvalue weighted by atomic mass is 32.2. The number of anilines is 1. The number of pyridine rings is 2. The molecular formula is C36H47N3O7SSi. The highest BCUT2D eigenvalue weighted by Gasteiger charge is 2.40. The van der Waals surface area contributed by atoms with E-state index in [1.807, 2.05) is 64.1 Å². The van der Waals surface area contributed by atoms with E-state index < -0.39 is 36.2 Å². The van der Waals surface area contributed by atoms with E-state index in [2.05, 4.69) is 38.8 Å². The summed E-state index contributed by atoms with van der Waals surface area (Å²) in [6.45, 7) is 17.8. The normalized spacial score (nSPS) is 13.3. The molecule has 0 spiro atoms.